The summed E-state index contributed by atoms with van der Waals surface area (Å²) in [5.74, 6) is -3.03. The van der Waals surface area contributed by atoms with Crippen LogP contribution in [0.15, 0.2) is 60.7 Å². The minimum absolute atomic E-state index is 0.0180. The van der Waals surface area contributed by atoms with E-state index in [4.69, 9.17) is 23.2 Å². The first-order valence-corrected chi connectivity index (χ1v) is 10.7. The number of anilines is 1. The van der Waals surface area contributed by atoms with E-state index in [1.165, 1.54) is 6.07 Å². The zero-order valence-corrected chi connectivity index (χ0v) is 18.0. The van der Waals surface area contributed by atoms with Gasteiger partial charge < -0.3 is 10.6 Å². The molecule has 8 heteroatoms. The standard InChI is InChI=1S/C24H16Cl2F2N2O2/c25-13-3-1-2-12(8-13)18-11-21(31)30-22(16-6-5-15(27)10-19(16)28)24(18)17-7-4-14(26)9-20(17)29-23(24)32/h1-10,18,22H,11H2,(H,29,32)(H,30,31). The molecule has 1 spiro atoms. The average molecular weight is 473 g/mol. The normalized spacial score (nSPS) is 24.2. The molecule has 162 valence electrons. The van der Waals surface area contributed by atoms with Crippen LogP contribution in [0.3, 0.4) is 0 Å². The average Bonchev–Trinajstić information content (AvgIpc) is 3.01. The number of carbonyl (C=O) groups is 2. The summed E-state index contributed by atoms with van der Waals surface area (Å²) >= 11 is 12.4. The van der Waals surface area contributed by atoms with E-state index in [0.29, 0.717) is 26.9 Å². The van der Waals surface area contributed by atoms with Crippen LogP contribution in [0, 0.1) is 11.6 Å². The highest BCUT2D eigenvalue weighted by molar-refractivity contribution is 6.31. The lowest BCUT2D eigenvalue weighted by Gasteiger charge is -2.46. The largest absolute Gasteiger partial charge is 0.348 e. The monoisotopic (exact) mass is 472 g/mol. The topological polar surface area (TPSA) is 58.2 Å². The molecule has 0 bridgehead atoms. The molecule has 0 saturated carbocycles. The first-order chi connectivity index (χ1) is 15.3. The highest BCUT2D eigenvalue weighted by atomic mass is 35.5. The number of piperidine rings is 1. The van der Waals surface area contributed by atoms with Crippen LogP contribution in [0.2, 0.25) is 10.0 Å². The number of hydrogen-bond donors (Lipinski definition) is 2. The molecule has 1 saturated heterocycles. The third kappa shape index (κ3) is 3.09. The molecule has 2 aliphatic heterocycles. The maximum atomic E-state index is 15.0. The van der Waals surface area contributed by atoms with Crippen LogP contribution >= 0.6 is 23.2 Å². The van der Waals surface area contributed by atoms with E-state index in [0.717, 1.165) is 12.1 Å². The lowest BCUT2D eigenvalue weighted by Crippen LogP contribution is -2.57. The molecule has 3 atom stereocenters. The molecule has 2 aliphatic rings. The Kier molecular flexibility index (Phi) is 4.95. The van der Waals surface area contributed by atoms with Gasteiger partial charge in [-0.2, -0.15) is 0 Å². The molecule has 0 radical (unpaired) electrons. The fourth-order valence-corrected chi connectivity index (χ4v) is 5.38. The fourth-order valence-electron chi connectivity index (χ4n) is 5.01. The van der Waals surface area contributed by atoms with Gasteiger partial charge in [0.2, 0.25) is 11.8 Å². The molecular weight excluding hydrogens is 457 g/mol. The van der Waals surface area contributed by atoms with Crippen LogP contribution in [-0.2, 0) is 15.0 Å². The second-order valence-electron chi connectivity index (χ2n) is 7.99. The Bertz CT molecular complexity index is 1280. The van der Waals surface area contributed by atoms with Gasteiger partial charge in [0.15, 0.2) is 0 Å². The van der Waals surface area contributed by atoms with Gasteiger partial charge in [-0.1, -0.05) is 47.5 Å². The van der Waals surface area contributed by atoms with Gasteiger partial charge in [-0.05, 0) is 41.5 Å². The second kappa shape index (κ2) is 7.57. The molecule has 2 heterocycles. The minimum Gasteiger partial charge on any atom is -0.348 e. The lowest BCUT2D eigenvalue weighted by molar-refractivity contribution is -0.131. The Balaban J connectivity index is 1.82. The van der Waals surface area contributed by atoms with E-state index in [1.54, 1.807) is 42.5 Å². The molecule has 0 aromatic heterocycles. The molecule has 1 fully saturated rings. The number of amides is 2. The van der Waals surface area contributed by atoms with Crippen LogP contribution in [0.25, 0.3) is 0 Å². The predicted octanol–water partition coefficient (Wildman–Crippen LogP) is 5.51. The van der Waals surface area contributed by atoms with E-state index < -0.39 is 34.9 Å². The lowest BCUT2D eigenvalue weighted by atomic mass is 9.59. The smallest absolute Gasteiger partial charge is 0.238 e. The molecule has 2 N–H and O–H groups in total. The van der Waals surface area contributed by atoms with Crippen molar-refractivity contribution in [1.29, 1.82) is 0 Å². The maximum absolute atomic E-state index is 15.0. The van der Waals surface area contributed by atoms with Gasteiger partial charge in [0.1, 0.15) is 17.0 Å². The van der Waals surface area contributed by atoms with E-state index in [-0.39, 0.29) is 17.9 Å². The predicted molar refractivity (Wildman–Crippen MR) is 118 cm³/mol. The second-order valence-corrected chi connectivity index (χ2v) is 8.86. The number of hydrogen-bond acceptors (Lipinski definition) is 2. The van der Waals surface area contributed by atoms with Crippen LogP contribution in [-0.4, -0.2) is 11.8 Å². The van der Waals surface area contributed by atoms with Gasteiger partial charge in [-0.3, -0.25) is 9.59 Å². The summed E-state index contributed by atoms with van der Waals surface area (Å²) in [6.45, 7) is 0. The Morgan fingerprint density at radius 3 is 2.47 bits per heavy atom. The van der Waals surface area contributed by atoms with Crippen molar-refractivity contribution in [2.75, 3.05) is 5.32 Å². The van der Waals surface area contributed by atoms with Crippen LogP contribution < -0.4 is 10.6 Å². The minimum atomic E-state index is -1.41. The summed E-state index contributed by atoms with van der Waals surface area (Å²) in [7, 11) is 0. The van der Waals surface area contributed by atoms with Crippen molar-refractivity contribution in [2.45, 2.75) is 23.8 Å². The Hall–Kier alpha value is -2.96. The zero-order chi connectivity index (χ0) is 22.6. The van der Waals surface area contributed by atoms with E-state index in [1.807, 2.05) is 0 Å². The first kappa shape index (κ1) is 20.9. The number of halogens is 4. The van der Waals surface area contributed by atoms with Crippen molar-refractivity contribution in [2.24, 2.45) is 0 Å². The van der Waals surface area contributed by atoms with Gasteiger partial charge in [-0.15, -0.1) is 0 Å². The Labute approximate surface area is 192 Å². The van der Waals surface area contributed by atoms with E-state index in [9.17, 15) is 18.4 Å². The van der Waals surface area contributed by atoms with Crippen molar-refractivity contribution in [3.8, 4) is 0 Å². The molecule has 2 amide bonds. The van der Waals surface area contributed by atoms with Crippen molar-refractivity contribution < 1.29 is 18.4 Å². The summed E-state index contributed by atoms with van der Waals surface area (Å²) in [6, 6.07) is 13.9. The van der Waals surface area contributed by atoms with Crippen molar-refractivity contribution >= 4 is 40.7 Å². The first-order valence-electron chi connectivity index (χ1n) is 9.92. The summed E-state index contributed by atoms with van der Waals surface area (Å²) < 4.78 is 28.7. The molecule has 3 aromatic rings. The van der Waals surface area contributed by atoms with Gasteiger partial charge in [-0.25, -0.2) is 8.78 Å². The number of benzene rings is 3. The van der Waals surface area contributed by atoms with E-state index in [2.05, 4.69) is 10.6 Å². The molecular formula is C24H16Cl2F2N2O2. The molecule has 5 rings (SSSR count). The van der Waals surface area contributed by atoms with Gasteiger partial charge in [0.05, 0.1) is 6.04 Å². The number of rotatable bonds is 2. The summed E-state index contributed by atoms with van der Waals surface area (Å²) in [6.07, 6.45) is -0.0187. The molecule has 4 nitrogen and oxygen atoms in total. The van der Waals surface area contributed by atoms with Gasteiger partial charge in [0, 0.05) is 39.7 Å². The van der Waals surface area contributed by atoms with Crippen molar-refractivity contribution in [1.82, 2.24) is 5.32 Å². The number of fused-ring (bicyclic) bond motifs is 2. The molecule has 32 heavy (non-hydrogen) atoms. The van der Waals surface area contributed by atoms with Crippen LogP contribution in [0.1, 0.15) is 35.1 Å². The maximum Gasteiger partial charge on any atom is 0.238 e. The molecule has 3 unspecified atom stereocenters. The van der Waals surface area contributed by atoms with Crippen LogP contribution in [0.4, 0.5) is 14.5 Å². The van der Waals surface area contributed by atoms with Crippen molar-refractivity contribution in [3.05, 3.63) is 99.0 Å². The summed E-state index contributed by atoms with van der Waals surface area (Å²) in [5.41, 5.74) is 0.336. The fraction of sp³-hybridized carbons (Fsp3) is 0.167. The quantitative estimate of drug-likeness (QED) is 0.516. The van der Waals surface area contributed by atoms with Gasteiger partial charge >= 0.3 is 0 Å². The number of carbonyl (C=O) groups excluding carboxylic acids is 2. The summed E-state index contributed by atoms with van der Waals surface area (Å²) in [5, 5.41) is 6.52. The third-order valence-corrected chi connectivity index (χ3v) is 6.75. The van der Waals surface area contributed by atoms with Crippen LogP contribution in [0.5, 0.6) is 0 Å². The van der Waals surface area contributed by atoms with E-state index >= 15 is 0 Å². The SMILES string of the molecule is O=C1CC(c2cccc(Cl)c2)C2(C(=O)Nc3cc(Cl)ccc32)C(c2ccc(F)cc2F)N1. The van der Waals surface area contributed by atoms with Gasteiger partial charge in [0.25, 0.3) is 0 Å². The molecule has 0 aliphatic carbocycles. The third-order valence-electron chi connectivity index (χ3n) is 6.28. The Morgan fingerprint density at radius 1 is 0.938 bits per heavy atom. The Morgan fingerprint density at radius 2 is 1.72 bits per heavy atom. The molecule has 3 aromatic carbocycles. The highest BCUT2D eigenvalue weighted by Gasteiger charge is 2.61. The summed E-state index contributed by atoms with van der Waals surface area (Å²) in [4.78, 5) is 26.5. The zero-order valence-electron chi connectivity index (χ0n) is 16.5. The highest BCUT2D eigenvalue weighted by Crippen LogP contribution is 2.57. The number of nitrogens with one attached hydrogen (secondary N) is 2. The van der Waals surface area contributed by atoms with Crippen molar-refractivity contribution in [3.63, 3.8) is 0 Å².